The minimum atomic E-state index is 0.0812. The molecule has 1 aromatic heterocycles. The Balaban J connectivity index is 1.61. The van der Waals surface area contributed by atoms with E-state index in [0.717, 1.165) is 28.5 Å². The quantitative estimate of drug-likeness (QED) is 0.272. The molecule has 4 aromatic rings. The van der Waals surface area contributed by atoms with Gasteiger partial charge in [-0.15, -0.1) is 0 Å². The van der Waals surface area contributed by atoms with E-state index in [4.69, 9.17) is 4.42 Å². The highest BCUT2D eigenvalue weighted by Gasteiger charge is 2.27. The minimum Gasteiger partial charge on any atom is -0.455 e. The molecule has 0 saturated heterocycles. The molecule has 1 heterocycles. The normalized spacial score (nSPS) is 15.8. The van der Waals surface area contributed by atoms with Crippen molar-refractivity contribution < 1.29 is 4.42 Å². The van der Waals surface area contributed by atoms with Crippen LogP contribution in [-0.2, 0) is 0 Å². The van der Waals surface area contributed by atoms with E-state index < -0.39 is 0 Å². The number of hydrogen-bond acceptors (Lipinski definition) is 1. The lowest BCUT2D eigenvalue weighted by Crippen LogP contribution is -2.14. The van der Waals surface area contributed by atoms with Crippen molar-refractivity contribution in [3.05, 3.63) is 120 Å². The smallest absolute Gasteiger partial charge is 0.142 e. The molecule has 3 aromatic carbocycles. The fourth-order valence-electron chi connectivity index (χ4n) is 5.22. The molecule has 0 saturated carbocycles. The highest BCUT2D eigenvalue weighted by molar-refractivity contribution is 6.09. The molecular formula is C34H32O. The number of furan rings is 1. The van der Waals surface area contributed by atoms with Crippen LogP contribution >= 0.6 is 0 Å². The van der Waals surface area contributed by atoms with Gasteiger partial charge in [0.2, 0.25) is 0 Å². The number of rotatable bonds is 5. The van der Waals surface area contributed by atoms with Crippen LogP contribution in [0.15, 0.2) is 108 Å². The fourth-order valence-corrected chi connectivity index (χ4v) is 5.22. The van der Waals surface area contributed by atoms with Gasteiger partial charge >= 0.3 is 0 Å². The monoisotopic (exact) mass is 456 g/mol. The standard InChI is InChI=1S/C34H32O/c1-6-11-24(12-7-2)25-16-18-27(23(3)21-25)26-17-19-28-29-13-10-14-30(33(29)35-32(28)22-26)31-15-8-9-20-34(31,4)5/h6-19,21-22H,1,20H2,2-5H3/b12-7-,24-11+. The first-order valence-electron chi connectivity index (χ1n) is 12.3. The van der Waals surface area contributed by atoms with E-state index in [1.54, 1.807) is 0 Å². The molecule has 0 bridgehead atoms. The largest absolute Gasteiger partial charge is 0.455 e. The van der Waals surface area contributed by atoms with Crippen LogP contribution in [-0.4, -0.2) is 0 Å². The summed E-state index contributed by atoms with van der Waals surface area (Å²) >= 11 is 0. The molecule has 0 aliphatic heterocycles. The molecule has 174 valence electrons. The predicted octanol–water partition coefficient (Wildman–Crippen LogP) is 10.1. The van der Waals surface area contributed by atoms with Gasteiger partial charge in [-0.2, -0.15) is 0 Å². The Hall–Kier alpha value is -3.84. The van der Waals surface area contributed by atoms with Gasteiger partial charge in [-0.1, -0.05) is 105 Å². The average Bonchev–Trinajstić information content (AvgIpc) is 3.22. The average molecular weight is 457 g/mol. The second kappa shape index (κ2) is 9.07. The molecular weight excluding hydrogens is 424 g/mol. The summed E-state index contributed by atoms with van der Waals surface area (Å²) in [4.78, 5) is 0. The SMILES string of the molecule is C=C/C=C(\C=C/C)c1ccc(-c2ccc3c(c2)oc2c(C4=CC=CCC4(C)C)cccc23)c(C)c1. The lowest BCUT2D eigenvalue weighted by Gasteiger charge is -2.29. The van der Waals surface area contributed by atoms with Crippen molar-refractivity contribution in [2.75, 3.05) is 0 Å². The van der Waals surface area contributed by atoms with E-state index in [-0.39, 0.29) is 5.41 Å². The van der Waals surface area contributed by atoms with Crippen molar-refractivity contribution in [2.45, 2.75) is 34.1 Å². The first-order chi connectivity index (χ1) is 16.9. The third-order valence-electron chi connectivity index (χ3n) is 7.06. The summed E-state index contributed by atoms with van der Waals surface area (Å²) in [6.45, 7) is 12.7. The Kier molecular flexibility index (Phi) is 5.94. The molecule has 0 fully saturated rings. The Labute approximate surface area is 208 Å². The number of benzene rings is 3. The Morgan fingerprint density at radius 2 is 1.86 bits per heavy atom. The van der Waals surface area contributed by atoms with E-state index in [1.165, 1.54) is 38.8 Å². The van der Waals surface area contributed by atoms with Gasteiger partial charge in [0, 0.05) is 16.3 Å². The van der Waals surface area contributed by atoms with Crippen LogP contribution in [0.5, 0.6) is 0 Å². The van der Waals surface area contributed by atoms with Gasteiger partial charge in [0.05, 0.1) is 0 Å². The zero-order valence-electron chi connectivity index (χ0n) is 21.1. The lowest BCUT2D eigenvalue weighted by atomic mass is 9.75. The second-order valence-corrected chi connectivity index (χ2v) is 9.98. The fraction of sp³-hybridized carbons (Fsp3) is 0.176. The van der Waals surface area contributed by atoms with Crippen LogP contribution in [0, 0.1) is 12.3 Å². The molecule has 0 spiro atoms. The van der Waals surface area contributed by atoms with Gasteiger partial charge in [0.1, 0.15) is 11.2 Å². The van der Waals surface area contributed by atoms with Crippen molar-refractivity contribution in [1.82, 2.24) is 0 Å². The molecule has 1 heteroatoms. The Bertz CT molecular complexity index is 1560. The molecule has 0 unspecified atom stereocenters. The van der Waals surface area contributed by atoms with Crippen LogP contribution in [0.4, 0.5) is 0 Å². The lowest BCUT2D eigenvalue weighted by molar-refractivity contribution is 0.505. The maximum Gasteiger partial charge on any atom is 0.142 e. The third kappa shape index (κ3) is 4.12. The van der Waals surface area contributed by atoms with Crippen molar-refractivity contribution >= 4 is 33.1 Å². The van der Waals surface area contributed by atoms with Gasteiger partial charge in [0.15, 0.2) is 0 Å². The Morgan fingerprint density at radius 1 is 1.00 bits per heavy atom. The van der Waals surface area contributed by atoms with Gasteiger partial charge in [-0.25, -0.2) is 0 Å². The zero-order valence-corrected chi connectivity index (χ0v) is 21.1. The summed E-state index contributed by atoms with van der Waals surface area (Å²) in [5.41, 5.74) is 10.5. The molecule has 0 radical (unpaired) electrons. The topological polar surface area (TPSA) is 13.1 Å². The van der Waals surface area contributed by atoms with E-state index in [0.29, 0.717) is 0 Å². The summed E-state index contributed by atoms with van der Waals surface area (Å²) in [6, 6.07) is 19.8. The van der Waals surface area contributed by atoms with Gasteiger partial charge in [-0.05, 0) is 71.2 Å². The van der Waals surface area contributed by atoms with E-state index in [2.05, 4.69) is 112 Å². The minimum absolute atomic E-state index is 0.0812. The van der Waals surface area contributed by atoms with Crippen molar-refractivity contribution in [3.63, 3.8) is 0 Å². The number of hydrogen-bond donors (Lipinski definition) is 0. The number of allylic oxidation sites excluding steroid dienone is 9. The summed E-state index contributed by atoms with van der Waals surface area (Å²) in [5, 5.41) is 2.34. The molecule has 0 atom stereocenters. The molecule has 0 N–H and O–H groups in total. The van der Waals surface area contributed by atoms with Crippen LogP contribution in [0.2, 0.25) is 0 Å². The van der Waals surface area contributed by atoms with Crippen LogP contribution in [0.1, 0.15) is 43.9 Å². The van der Waals surface area contributed by atoms with Crippen LogP contribution in [0.3, 0.4) is 0 Å². The summed E-state index contributed by atoms with van der Waals surface area (Å²) in [6.07, 6.45) is 15.7. The zero-order chi connectivity index (χ0) is 24.6. The molecule has 1 nitrogen and oxygen atoms in total. The van der Waals surface area contributed by atoms with Gasteiger partial charge in [0.25, 0.3) is 0 Å². The van der Waals surface area contributed by atoms with E-state index in [1.807, 2.05) is 19.1 Å². The van der Waals surface area contributed by atoms with E-state index in [9.17, 15) is 0 Å². The number of para-hydroxylation sites is 1. The maximum atomic E-state index is 6.56. The Morgan fingerprint density at radius 3 is 2.60 bits per heavy atom. The molecule has 1 aliphatic carbocycles. The predicted molar refractivity (Wildman–Crippen MR) is 152 cm³/mol. The third-order valence-corrected chi connectivity index (χ3v) is 7.06. The van der Waals surface area contributed by atoms with Crippen LogP contribution < -0.4 is 0 Å². The van der Waals surface area contributed by atoms with Crippen molar-refractivity contribution in [1.29, 1.82) is 0 Å². The highest BCUT2D eigenvalue weighted by Crippen LogP contribution is 2.44. The van der Waals surface area contributed by atoms with Gasteiger partial charge in [-0.3, -0.25) is 0 Å². The first kappa shape index (κ1) is 22.9. The second-order valence-electron chi connectivity index (χ2n) is 9.98. The maximum absolute atomic E-state index is 6.56. The highest BCUT2D eigenvalue weighted by atomic mass is 16.3. The van der Waals surface area contributed by atoms with Crippen molar-refractivity contribution in [2.24, 2.45) is 5.41 Å². The van der Waals surface area contributed by atoms with Crippen molar-refractivity contribution in [3.8, 4) is 11.1 Å². The molecule has 5 rings (SSSR count). The summed E-state index contributed by atoms with van der Waals surface area (Å²) in [7, 11) is 0. The van der Waals surface area contributed by atoms with Crippen LogP contribution in [0.25, 0.3) is 44.2 Å². The van der Waals surface area contributed by atoms with Gasteiger partial charge < -0.3 is 4.42 Å². The number of aryl methyl sites for hydroxylation is 1. The summed E-state index contributed by atoms with van der Waals surface area (Å²) < 4.78 is 6.56. The number of fused-ring (bicyclic) bond motifs is 3. The molecule has 0 amide bonds. The molecule has 1 aliphatic rings. The molecule has 35 heavy (non-hydrogen) atoms. The van der Waals surface area contributed by atoms with E-state index >= 15 is 0 Å². The first-order valence-corrected chi connectivity index (χ1v) is 12.3. The summed E-state index contributed by atoms with van der Waals surface area (Å²) in [5.74, 6) is 0.